The van der Waals surface area contributed by atoms with E-state index in [2.05, 4.69) is 33.1 Å². The van der Waals surface area contributed by atoms with Gasteiger partial charge in [-0.3, -0.25) is 14.6 Å². The number of methoxy groups -OCH3 is 1. The molecule has 0 radical (unpaired) electrons. The first-order valence-corrected chi connectivity index (χ1v) is 14.2. The summed E-state index contributed by atoms with van der Waals surface area (Å²) in [5.74, 6) is 0.470. The normalized spacial score (nSPS) is 16.7. The summed E-state index contributed by atoms with van der Waals surface area (Å²) < 4.78 is 36.1. The number of nitrogens with zero attached hydrogens (tertiary/aromatic N) is 5. The average molecular weight is 522 g/mol. The molecule has 4 rings (SSSR count). The number of anilines is 2. The van der Waals surface area contributed by atoms with Gasteiger partial charge in [0.25, 0.3) is 0 Å². The number of piperidine rings is 1. The van der Waals surface area contributed by atoms with Crippen molar-refractivity contribution in [3.63, 3.8) is 0 Å². The molecule has 2 aliphatic heterocycles. The van der Waals surface area contributed by atoms with Gasteiger partial charge in [-0.05, 0) is 37.5 Å². The predicted molar refractivity (Wildman–Crippen MR) is 133 cm³/mol. The predicted octanol–water partition coefficient (Wildman–Crippen LogP) is 2.47. The third kappa shape index (κ3) is 6.12. The first-order valence-electron chi connectivity index (χ1n) is 11.5. The molecule has 0 aliphatic carbocycles. The van der Waals surface area contributed by atoms with E-state index < -0.39 is 10.0 Å². The highest BCUT2D eigenvalue weighted by Gasteiger charge is 2.31. The molecule has 0 saturated carbocycles. The number of hydrogen-bond acceptors (Lipinski definition) is 10. The standard InChI is InChI=1S/C23H31N5O5S2/c1-4-33-21(29)15-26(18-7-11-27(12-8-18)35(3,30)31)14-17-5-6-20-19(13-17)28(16-32-2)22-23(34-20)25-10-9-24-22/h5-6,9-10,13,18H,4,7-8,11-12,14-16H2,1-3H3. The maximum Gasteiger partial charge on any atom is 0.320 e. The summed E-state index contributed by atoms with van der Waals surface area (Å²) in [4.78, 5) is 26.5. The third-order valence-electron chi connectivity index (χ3n) is 6.11. The van der Waals surface area contributed by atoms with E-state index in [0.29, 0.717) is 45.8 Å². The van der Waals surface area contributed by atoms with Crippen molar-refractivity contribution < 1.29 is 22.7 Å². The number of sulfonamides is 1. The van der Waals surface area contributed by atoms with Crippen molar-refractivity contribution in [2.24, 2.45) is 0 Å². The fraction of sp³-hybridized carbons (Fsp3) is 0.522. The topological polar surface area (TPSA) is 105 Å². The lowest BCUT2D eigenvalue weighted by Gasteiger charge is -2.37. The number of hydrogen-bond donors (Lipinski definition) is 0. The van der Waals surface area contributed by atoms with Crippen molar-refractivity contribution in [1.29, 1.82) is 0 Å². The summed E-state index contributed by atoms with van der Waals surface area (Å²) in [5, 5.41) is 0.825. The third-order valence-corrected chi connectivity index (χ3v) is 8.46. The fourth-order valence-electron chi connectivity index (χ4n) is 4.47. The molecule has 10 nitrogen and oxygen atoms in total. The fourth-order valence-corrected chi connectivity index (χ4v) is 6.33. The van der Waals surface area contributed by atoms with Gasteiger partial charge >= 0.3 is 5.97 Å². The number of fused-ring (bicyclic) bond motifs is 2. The quantitative estimate of drug-likeness (QED) is 0.457. The number of carbonyl (C=O) groups is 1. The van der Waals surface area contributed by atoms with Crippen LogP contribution in [-0.4, -0.2) is 85.9 Å². The molecule has 0 spiro atoms. The van der Waals surface area contributed by atoms with Crippen LogP contribution in [0.2, 0.25) is 0 Å². The van der Waals surface area contributed by atoms with E-state index in [9.17, 15) is 13.2 Å². The Labute approximate surface area is 210 Å². The monoisotopic (exact) mass is 521 g/mol. The Balaban J connectivity index is 1.57. The first kappa shape index (κ1) is 25.8. The van der Waals surface area contributed by atoms with Crippen molar-refractivity contribution in [3.05, 3.63) is 36.2 Å². The van der Waals surface area contributed by atoms with Gasteiger partial charge in [-0.25, -0.2) is 22.7 Å². The number of aromatic nitrogens is 2. The van der Waals surface area contributed by atoms with Gasteiger partial charge < -0.3 is 9.47 Å². The second-order valence-corrected chi connectivity index (χ2v) is 11.6. The molecule has 0 N–H and O–H groups in total. The Morgan fingerprint density at radius 3 is 2.66 bits per heavy atom. The lowest BCUT2D eigenvalue weighted by atomic mass is 10.0. The Morgan fingerprint density at radius 1 is 1.23 bits per heavy atom. The molecule has 1 fully saturated rings. The van der Waals surface area contributed by atoms with Crippen LogP contribution < -0.4 is 4.90 Å². The Kier molecular flexibility index (Phi) is 8.27. The zero-order valence-corrected chi connectivity index (χ0v) is 21.8. The summed E-state index contributed by atoms with van der Waals surface area (Å²) in [6, 6.07) is 6.29. The van der Waals surface area contributed by atoms with E-state index in [1.807, 2.05) is 4.90 Å². The molecule has 2 aliphatic rings. The molecule has 35 heavy (non-hydrogen) atoms. The summed E-state index contributed by atoms with van der Waals surface area (Å²) in [6.07, 6.45) is 5.90. The minimum absolute atomic E-state index is 0.0736. The minimum atomic E-state index is -3.22. The molecule has 1 aromatic heterocycles. The smallest absolute Gasteiger partial charge is 0.320 e. The Bertz CT molecular complexity index is 1150. The van der Waals surface area contributed by atoms with Gasteiger partial charge in [0.05, 0.1) is 25.1 Å². The van der Waals surface area contributed by atoms with Crippen molar-refractivity contribution in [3.8, 4) is 0 Å². The summed E-state index contributed by atoms with van der Waals surface area (Å²) in [7, 11) is -1.58. The number of ether oxygens (including phenoxy) is 2. The lowest BCUT2D eigenvalue weighted by molar-refractivity contribution is -0.145. The van der Waals surface area contributed by atoms with Crippen LogP contribution in [0.5, 0.6) is 0 Å². The van der Waals surface area contributed by atoms with Gasteiger partial charge in [0.1, 0.15) is 11.8 Å². The first-order chi connectivity index (χ1) is 16.8. The van der Waals surface area contributed by atoms with Crippen molar-refractivity contribution in [2.45, 2.75) is 42.3 Å². The number of rotatable bonds is 9. The Morgan fingerprint density at radius 2 is 1.97 bits per heavy atom. The van der Waals surface area contributed by atoms with Crippen molar-refractivity contribution in [2.75, 3.05) is 51.2 Å². The van der Waals surface area contributed by atoms with Gasteiger partial charge in [-0.1, -0.05) is 17.8 Å². The van der Waals surface area contributed by atoms with E-state index >= 15 is 0 Å². The van der Waals surface area contributed by atoms with Crippen LogP contribution in [0.1, 0.15) is 25.3 Å². The highest BCUT2D eigenvalue weighted by atomic mass is 32.2. The summed E-state index contributed by atoms with van der Waals surface area (Å²) in [6.45, 7) is 4.02. The number of carbonyl (C=O) groups excluding carboxylic acids is 1. The molecule has 0 atom stereocenters. The van der Waals surface area contributed by atoms with Crippen molar-refractivity contribution in [1.82, 2.24) is 19.2 Å². The van der Waals surface area contributed by atoms with Gasteiger partial charge in [0.2, 0.25) is 10.0 Å². The summed E-state index contributed by atoms with van der Waals surface area (Å²) >= 11 is 1.57. The largest absolute Gasteiger partial charge is 0.465 e. The molecule has 3 heterocycles. The van der Waals surface area contributed by atoms with Gasteiger partial charge in [-0.2, -0.15) is 0 Å². The molecule has 190 valence electrons. The van der Waals surface area contributed by atoms with Crippen LogP contribution in [0.25, 0.3) is 0 Å². The van der Waals surface area contributed by atoms with E-state index in [0.717, 1.165) is 27.0 Å². The minimum Gasteiger partial charge on any atom is -0.465 e. The number of benzene rings is 1. The maximum absolute atomic E-state index is 12.4. The van der Waals surface area contributed by atoms with E-state index in [1.54, 1.807) is 38.2 Å². The number of esters is 1. The van der Waals surface area contributed by atoms with Crippen LogP contribution in [0, 0.1) is 0 Å². The molecule has 0 unspecified atom stereocenters. The van der Waals surface area contributed by atoms with Crippen LogP contribution in [0.4, 0.5) is 11.5 Å². The molecule has 2 aromatic rings. The molecule has 0 amide bonds. The van der Waals surface area contributed by atoms with Crippen LogP contribution in [0.3, 0.4) is 0 Å². The maximum atomic E-state index is 12.4. The van der Waals surface area contributed by atoms with Gasteiger partial charge in [-0.15, -0.1) is 0 Å². The van der Waals surface area contributed by atoms with Gasteiger partial charge in [0.15, 0.2) is 5.82 Å². The van der Waals surface area contributed by atoms with Crippen LogP contribution in [0.15, 0.2) is 40.5 Å². The molecular weight excluding hydrogens is 490 g/mol. The van der Waals surface area contributed by atoms with Crippen molar-refractivity contribution >= 4 is 39.3 Å². The van der Waals surface area contributed by atoms with Gasteiger partial charge in [0, 0.05) is 50.1 Å². The zero-order valence-electron chi connectivity index (χ0n) is 20.2. The molecular formula is C23H31N5O5S2. The van der Waals surface area contributed by atoms with E-state index in [1.165, 1.54) is 10.6 Å². The average Bonchev–Trinajstić information content (AvgIpc) is 2.83. The van der Waals surface area contributed by atoms with E-state index in [-0.39, 0.29) is 18.6 Å². The second-order valence-electron chi connectivity index (χ2n) is 8.54. The van der Waals surface area contributed by atoms with Crippen LogP contribution in [-0.2, 0) is 30.8 Å². The second kappa shape index (κ2) is 11.2. The Hall–Kier alpha value is -2.25. The highest BCUT2D eigenvalue weighted by molar-refractivity contribution is 7.99. The lowest BCUT2D eigenvalue weighted by Crippen LogP contribution is -2.47. The van der Waals surface area contributed by atoms with E-state index in [4.69, 9.17) is 9.47 Å². The summed E-state index contributed by atoms with van der Waals surface area (Å²) in [5.41, 5.74) is 2.01. The highest BCUT2D eigenvalue weighted by Crippen LogP contribution is 2.46. The zero-order chi connectivity index (χ0) is 25.0. The molecule has 1 aromatic carbocycles. The SMILES string of the molecule is CCOC(=O)CN(Cc1ccc2c(c1)N(COC)c1nccnc1S2)C1CCN(S(C)(=O)=O)CC1. The van der Waals surface area contributed by atoms with Crippen LogP contribution >= 0.6 is 11.8 Å². The molecule has 0 bridgehead atoms. The molecule has 12 heteroatoms. The molecule has 1 saturated heterocycles.